The Balaban J connectivity index is 2.10. The van der Waals surface area contributed by atoms with E-state index >= 15 is 0 Å². The van der Waals surface area contributed by atoms with Crippen molar-refractivity contribution in [1.82, 2.24) is 0 Å². The Morgan fingerprint density at radius 1 is 1.12 bits per heavy atom. The Morgan fingerprint density at radius 3 is 2.35 bits per heavy atom. The van der Waals surface area contributed by atoms with Crippen LogP contribution in [0.4, 0.5) is 0 Å². The molecule has 0 atom stereocenters. The fourth-order valence-electron chi connectivity index (χ4n) is 1.03. The van der Waals surface area contributed by atoms with E-state index in [-0.39, 0.29) is 12.4 Å². The van der Waals surface area contributed by atoms with Crippen molar-refractivity contribution in [3.63, 3.8) is 0 Å². The third-order valence-corrected chi connectivity index (χ3v) is 2.81. The lowest BCUT2D eigenvalue weighted by molar-refractivity contribution is 0.111. The highest BCUT2D eigenvalue weighted by atomic mass is 35.5. The van der Waals surface area contributed by atoms with E-state index in [0.717, 1.165) is 0 Å². The molecule has 5 nitrogen and oxygen atoms in total. The maximum absolute atomic E-state index is 10.6. The summed E-state index contributed by atoms with van der Waals surface area (Å²) in [5.74, 6) is 0.498. The van der Waals surface area contributed by atoms with Gasteiger partial charge in [-0.1, -0.05) is 11.6 Å². The van der Waals surface area contributed by atoms with Gasteiger partial charge in [-0.15, -0.1) is 0 Å². The molecule has 0 amide bonds. The third-order valence-electron chi connectivity index (χ3n) is 1.82. The van der Waals surface area contributed by atoms with E-state index in [9.17, 15) is 8.42 Å². The van der Waals surface area contributed by atoms with Crippen molar-refractivity contribution in [2.75, 3.05) is 25.6 Å². The molecule has 0 aliphatic carbocycles. The van der Waals surface area contributed by atoms with Crippen LogP contribution >= 0.6 is 11.6 Å². The van der Waals surface area contributed by atoms with Crippen LogP contribution in [0.1, 0.15) is 0 Å². The van der Waals surface area contributed by atoms with Gasteiger partial charge in [-0.3, -0.25) is 0 Å². The Morgan fingerprint density at radius 2 is 1.76 bits per heavy atom. The second-order valence-corrected chi connectivity index (χ2v) is 5.45. The van der Waals surface area contributed by atoms with E-state index < -0.39 is 10.0 Å². The number of rotatable bonds is 7. The van der Waals surface area contributed by atoms with E-state index in [1.807, 2.05) is 0 Å². The van der Waals surface area contributed by atoms with E-state index in [1.165, 1.54) is 0 Å². The molecule has 1 rings (SSSR count). The zero-order valence-corrected chi connectivity index (χ0v) is 10.7. The zero-order valence-electron chi connectivity index (χ0n) is 9.13. The third kappa shape index (κ3) is 7.17. The normalized spacial score (nSPS) is 11.4. The predicted octanol–water partition coefficient (Wildman–Crippen LogP) is 1.02. The van der Waals surface area contributed by atoms with Crippen molar-refractivity contribution in [2.45, 2.75) is 0 Å². The first-order valence-electron chi connectivity index (χ1n) is 4.94. The molecule has 1 aromatic carbocycles. The molecule has 17 heavy (non-hydrogen) atoms. The zero-order chi connectivity index (χ0) is 12.7. The van der Waals surface area contributed by atoms with Crippen LogP contribution in [0.25, 0.3) is 0 Å². The number of ether oxygens (including phenoxy) is 2. The van der Waals surface area contributed by atoms with Gasteiger partial charge in [-0.25, -0.2) is 13.6 Å². The van der Waals surface area contributed by atoms with E-state index in [0.29, 0.717) is 24.0 Å². The highest BCUT2D eigenvalue weighted by molar-refractivity contribution is 7.89. The highest BCUT2D eigenvalue weighted by Crippen LogP contribution is 2.15. The first kappa shape index (κ1) is 14.2. The van der Waals surface area contributed by atoms with Crippen molar-refractivity contribution < 1.29 is 17.9 Å². The number of sulfonamides is 1. The first-order chi connectivity index (χ1) is 7.97. The smallest absolute Gasteiger partial charge is 0.211 e. The molecule has 96 valence electrons. The number of benzene rings is 1. The summed E-state index contributed by atoms with van der Waals surface area (Å²) in [7, 11) is -3.45. The predicted molar refractivity (Wildman–Crippen MR) is 65.7 cm³/mol. The standard InChI is InChI=1S/C10H14ClNO4S/c11-9-1-3-10(4-2-9)16-6-5-15-7-8-17(12,13)14/h1-4H,5-8H2,(H2,12,13,14). The summed E-state index contributed by atoms with van der Waals surface area (Å²) >= 11 is 5.71. The van der Waals surface area contributed by atoms with Crippen LogP contribution in [0.2, 0.25) is 5.02 Å². The fourth-order valence-corrected chi connectivity index (χ4v) is 1.50. The lowest BCUT2D eigenvalue weighted by atomic mass is 10.3. The van der Waals surface area contributed by atoms with Crippen LogP contribution in [0.15, 0.2) is 24.3 Å². The largest absolute Gasteiger partial charge is 0.491 e. The van der Waals surface area contributed by atoms with Gasteiger partial charge in [0.1, 0.15) is 12.4 Å². The van der Waals surface area contributed by atoms with Crippen molar-refractivity contribution >= 4 is 21.6 Å². The summed E-state index contributed by atoms with van der Waals surface area (Å²) in [6.45, 7) is 0.715. The topological polar surface area (TPSA) is 78.6 Å². The fraction of sp³-hybridized carbons (Fsp3) is 0.400. The summed E-state index contributed by atoms with van der Waals surface area (Å²) in [5.41, 5.74) is 0. The number of nitrogens with two attached hydrogens (primary N) is 1. The minimum atomic E-state index is -3.45. The summed E-state index contributed by atoms with van der Waals surface area (Å²) in [4.78, 5) is 0. The van der Waals surface area contributed by atoms with Gasteiger partial charge >= 0.3 is 0 Å². The van der Waals surface area contributed by atoms with Gasteiger partial charge < -0.3 is 9.47 Å². The lowest BCUT2D eigenvalue weighted by Gasteiger charge is -2.06. The molecule has 0 aromatic heterocycles. The monoisotopic (exact) mass is 279 g/mol. The molecule has 7 heteroatoms. The van der Waals surface area contributed by atoms with Crippen molar-refractivity contribution in [2.24, 2.45) is 5.14 Å². The van der Waals surface area contributed by atoms with Gasteiger partial charge in [0.25, 0.3) is 0 Å². The molecule has 0 saturated heterocycles. The minimum Gasteiger partial charge on any atom is -0.491 e. The number of hydrogen-bond donors (Lipinski definition) is 1. The molecule has 0 spiro atoms. The molecule has 2 N–H and O–H groups in total. The second kappa shape index (κ2) is 6.80. The maximum atomic E-state index is 10.6. The average molecular weight is 280 g/mol. The molecule has 0 radical (unpaired) electrons. The van der Waals surface area contributed by atoms with Crippen LogP contribution in [0.3, 0.4) is 0 Å². The summed E-state index contributed by atoms with van der Waals surface area (Å²) in [6, 6.07) is 6.93. The van der Waals surface area contributed by atoms with Crippen LogP contribution in [0, 0.1) is 0 Å². The van der Waals surface area contributed by atoms with E-state index in [1.54, 1.807) is 24.3 Å². The van der Waals surface area contributed by atoms with E-state index in [4.69, 9.17) is 26.2 Å². The van der Waals surface area contributed by atoms with Gasteiger partial charge in [0.05, 0.1) is 19.0 Å². The number of halogens is 1. The van der Waals surface area contributed by atoms with Gasteiger partial charge in [-0.05, 0) is 24.3 Å². The average Bonchev–Trinajstić information content (AvgIpc) is 2.24. The van der Waals surface area contributed by atoms with E-state index in [2.05, 4.69) is 0 Å². The highest BCUT2D eigenvalue weighted by Gasteiger charge is 2.01. The Bertz CT molecular complexity index is 432. The maximum Gasteiger partial charge on any atom is 0.211 e. The quantitative estimate of drug-likeness (QED) is 0.756. The molecule has 0 heterocycles. The van der Waals surface area contributed by atoms with Crippen molar-refractivity contribution in [3.05, 3.63) is 29.3 Å². The molecule has 0 saturated carbocycles. The molecule has 0 bridgehead atoms. The van der Waals surface area contributed by atoms with Crippen LogP contribution in [-0.4, -0.2) is 34.0 Å². The number of hydrogen-bond acceptors (Lipinski definition) is 4. The minimum absolute atomic E-state index is 0.0722. The Kier molecular flexibility index (Phi) is 5.70. The molecule has 0 aliphatic rings. The van der Waals surface area contributed by atoms with Crippen LogP contribution in [0.5, 0.6) is 5.75 Å². The first-order valence-corrected chi connectivity index (χ1v) is 7.03. The molecular weight excluding hydrogens is 266 g/mol. The SMILES string of the molecule is NS(=O)(=O)CCOCCOc1ccc(Cl)cc1. The van der Waals surface area contributed by atoms with Crippen molar-refractivity contribution in [3.8, 4) is 5.75 Å². The van der Waals surface area contributed by atoms with Crippen molar-refractivity contribution in [1.29, 1.82) is 0 Å². The molecule has 0 aliphatic heterocycles. The second-order valence-electron chi connectivity index (χ2n) is 3.28. The van der Waals surface area contributed by atoms with Crippen LogP contribution < -0.4 is 9.88 Å². The van der Waals surface area contributed by atoms with Gasteiger partial charge in [0.15, 0.2) is 0 Å². The Labute approximate surface area is 106 Å². The van der Waals surface area contributed by atoms with Gasteiger partial charge in [0.2, 0.25) is 10.0 Å². The summed E-state index contributed by atoms with van der Waals surface area (Å²) in [6.07, 6.45) is 0. The molecule has 0 fully saturated rings. The van der Waals surface area contributed by atoms with Crippen LogP contribution in [-0.2, 0) is 14.8 Å². The molecule has 0 unspecified atom stereocenters. The summed E-state index contributed by atoms with van der Waals surface area (Å²) < 4.78 is 31.5. The number of primary sulfonamides is 1. The van der Waals surface area contributed by atoms with Gasteiger partial charge in [0, 0.05) is 5.02 Å². The van der Waals surface area contributed by atoms with Gasteiger partial charge in [-0.2, -0.15) is 0 Å². The molecule has 1 aromatic rings. The lowest BCUT2D eigenvalue weighted by Crippen LogP contribution is -2.21. The molecular formula is C10H14ClNO4S. The summed E-state index contributed by atoms with van der Waals surface area (Å²) in [5, 5.41) is 5.44. The Hall–Kier alpha value is -0.820.